The average Bonchev–Trinajstić information content (AvgIpc) is 2.47. The molecular formula is C15H13F4NO2. The number of rotatable bonds is 4. The lowest BCUT2D eigenvalue weighted by molar-refractivity contribution is -0.138. The van der Waals surface area contributed by atoms with Crippen molar-refractivity contribution in [1.29, 1.82) is 0 Å². The van der Waals surface area contributed by atoms with Crippen molar-refractivity contribution in [3.8, 4) is 11.5 Å². The minimum Gasteiger partial charge on any atom is -0.496 e. The van der Waals surface area contributed by atoms with Crippen molar-refractivity contribution in [2.24, 2.45) is 0 Å². The molecule has 22 heavy (non-hydrogen) atoms. The van der Waals surface area contributed by atoms with E-state index in [1.54, 1.807) is 0 Å². The van der Waals surface area contributed by atoms with Gasteiger partial charge in [0.15, 0.2) is 0 Å². The molecule has 2 rings (SSSR count). The highest BCUT2D eigenvalue weighted by molar-refractivity contribution is 5.46. The second-order valence-corrected chi connectivity index (χ2v) is 4.46. The first-order chi connectivity index (χ1) is 10.3. The zero-order valence-corrected chi connectivity index (χ0v) is 11.6. The number of hydrogen-bond donors (Lipinski definition) is 1. The number of alkyl halides is 3. The predicted molar refractivity (Wildman–Crippen MR) is 73.1 cm³/mol. The lowest BCUT2D eigenvalue weighted by Gasteiger charge is -2.16. The Morgan fingerprint density at radius 2 is 1.86 bits per heavy atom. The van der Waals surface area contributed by atoms with Crippen LogP contribution in [0.25, 0.3) is 0 Å². The van der Waals surface area contributed by atoms with E-state index in [1.807, 2.05) is 0 Å². The fourth-order valence-corrected chi connectivity index (χ4v) is 1.94. The topological polar surface area (TPSA) is 44.5 Å². The van der Waals surface area contributed by atoms with E-state index in [1.165, 1.54) is 31.4 Å². The van der Waals surface area contributed by atoms with Crippen LogP contribution >= 0.6 is 0 Å². The summed E-state index contributed by atoms with van der Waals surface area (Å²) < 4.78 is 62.4. The molecule has 0 atom stereocenters. The number of benzene rings is 2. The van der Waals surface area contributed by atoms with E-state index in [0.717, 1.165) is 12.1 Å². The summed E-state index contributed by atoms with van der Waals surface area (Å²) >= 11 is 0. The maximum atomic E-state index is 13.1. The summed E-state index contributed by atoms with van der Waals surface area (Å²) in [4.78, 5) is 0. The van der Waals surface area contributed by atoms with E-state index in [2.05, 4.69) is 0 Å². The molecular weight excluding hydrogens is 302 g/mol. The molecule has 0 aliphatic heterocycles. The number of nitrogens with two attached hydrogens (primary N) is 1. The summed E-state index contributed by atoms with van der Waals surface area (Å²) in [6, 6.07) is 7.18. The number of nitrogen functional groups attached to an aromatic ring is 1. The van der Waals surface area contributed by atoms with Crippen LogP contribution in [0.4, 0.5) is 23.2 Å². The fourth-order valence-electron chi connectivity index (χ4n) is 1.94. The zero-order valence-electron chi connectivity index (χ0n) is 11.6. The summed E-state index contributed by atoms with van der Waals surface area (Å²) in [7, 11) is 1.27. The van der Waals surface area contributed by atoms with Gasteiger partial charge >= 0.3 is 6.18 Å². The van der Waals surface area contributed by atoms with Crippen LogP contribution in [0.2, 0.25) is 0 Å². The first kappa shape index (κ1) is 15.9. The molecule has 0 radical (unpaired) electrons. The van der Waals surface area contributed by atoms with Crippen molar-refractivity contribution in [2.45, 2.75) is 12.8 Å². The highest BCUT2D eigenvalue weighted by atomic mass is 19.4. The molecule has 0 heterocycles. The quantitative estimate of drug-likeness (QED) is 0.685. The minimum atomic E-state index is -4.53. The standard InChI is InChI=1S/C15H13F4NO2/c1-21-14-4-2-3-11(15(17,18)19)10(14)8-22-9-5-6-12(16)13(20)7-9/h2-7H,8,20H2,1H3. The van der Waals surface area contributed by atoms with Crippen molar-refractivity contribution in [1.82, 2.24) is 0 Å². The Bertz CT molecular complexity index is 671. The molecule has 0 aliphatic carbocycles. The molecule has 0 aliphatic rings. The highest BCUT2D eigenvalue weighted by Gasteiger charge is 2.34. The van der Waals surface area contributed by atoms with Gasteiger partial charge in [-0.15, -0.1) is 0 Å². The SMILES string of the molecule is COc1cccc(C(F)(F)F)c1COc1ccc(F)c(N)c1. The molecule has 0 spiro atoms. The molecule has 7 heteroatoms. The van der Waals surface area contributed by atoms with Gasteiger partial charge in [0.1, 0.15) is 23.9 Å². The van der Waals surface area contributed by atoms with Gasteiger partial charge in [0.2, 0.25) is 0 Å². The number of hydrogen-bond acceptors (Lipinski definition) is 3. The van der Waals surface area contributed by atoms with Gasteiger partial charge < -0.3 is 15.2 Å². The molecule has 0 aromatic heterocycles. The van der Waals surface area contributed by atoms with Crippen LogP contribution in [0.1, 0.15) is 11.1 Å². The summed E-state index contributed by atoms with van der Waals surface area (Å²) in [5.41, 5.74) is 4.26. The molecule has 0 fully saturated rings. The van der Waals surface area contributed by atoms with Gasteiger partial charge in [-0.2, -0.15) is 13.2 Å². The highest BCUT2D eigenvalue weighted by Crippen LogP contribution is 2.36. The summed E-state index contributed by atoms with van der Waals surface area (Å²) in [5.74, 6) is -0.400. The van der Waals surface area contributed by atoms with E-state index < -0.39 is 17.6 Å². The Morgan fingerprint density at radius 3 is 2.45 bits per heavy atom. The Kier molecular flexibility index (Phi) is 4.44. The van der Waals surface area contributed by atoms with Crippen LogP contribution in [0.15, 0.2) is 36.4 Å². The number of halogens is 4. The first-order valence-electron chi connectivity index (χ1n) is 6.24. The van der Waals surface area contributed by atoms with Crippen LogP contribution < -0.4 is 15.2 Å². The zero-order chi connectivity index (χ0) is 16.3. The second kappa shape index (κ2) is 6.13. The average molecular weight is 315 g/mol. The predicted octanol–water partition coefficient (Wildman–Crippen LogP) is 4.01. The third kappa shape index (κ3) is 3.41. The van der Waals surface area contributed by atoms with Crippen LogP contribution in [-0.2, 0) is 12.8 Å². The second-order valence-electron chi connectivity index (χ2n) is 4.46. The molecule has 2 N–H and O–H groups in total. The maximum absolute atomic E-state index is 13.1. The van der Waals surface area contributed by atoms with Gasteiger partial charge in [0.05, 0.1) is 18.4 Å². The normalized spacial score (nSPS) is 11.3. The van der Waals surface area contributed by atoms with Gasteiger partial charge in [-0.25, -0.2) is 4.39 Å². The molecule has 0 unspecified atom stereocenters. The number of methoxy groups -OCH3 is 1. The van der Waals surface area contributed by atoms with Crippen LogP contribution in [-0.4, -0.2) is 7.11 Å². The Hall–Kier alpha value is -2.44. The monoisotopic (exact) mass is 315 g/mol. The number of ether oxygens (including phenoxy) is 2. The van der Waals surface area contributed by atoms with Crippen molar-refractivity contribution < 1.29 is 27.0 Å². The fraction of sp³-hybridized carbons (Fsp3) is 0.200. The lowest BCUT2D eigenvalue weighted by Crippen LogP contribution is -2.12. The molecule has 2 aromatic rings. The molecule has 0 amide bonds. The maximum Gasteiger partial charge on any atom is 0.416 e. The Balaban J connectivity index is 2.30. The molecule has 3 nitrogen and oxygen atoms in total. The Morgan fingerprint density at radius 1 is 1.14 bits per heavy atom. The van der Waals surface area contributed by atoms with Crippen molar-refractivity contribution in [2.75, 3.05) is 12.8 Å². The van der Waals surface area contributed by atoms with Crippen molar-refractivity contribution in [3.05, 3.63) is 53.3 Å². The van der Waals surface area contributed by atoms with E-state index in [-0.39, 0.29) is 29.4 Å². The van der Waals surface area contributed by atoms with E-state index in [9.17, 15) is 17.6 Å². The van der Waals surface area contributed by atoms with E-state index in [4.69, 9.17) is 15.2 Å². The van der Waals surface area contributed by atoms with Gasteiger partial charge in [-0.1, -0.05) is 6.07 Å². The van der Waals surface area contributed by atoms with Crippen LogP contribution in [0.5, 0.6) is 11.5 Å². The first-order valence-corrected chi connectivity index (χ1v) is 6.24. The van der Waals surface area contributed by atoms with Crippen LogP contribution in [0.3, 0.4) is 0 Å². The summed E-state index contributed by atoms with van der Waals surface area (Å²) in [6.45, 7) is -0.385. The third-order valence-electron chi connectivity index (χ3n) is 3.01. The largest absolute Gasteiger partial charge is 0.496 e. The molecule has 118 valence electrons. The molecule has 0 bridgehead atoms. The van der Waals surface area contributed by atoms with Gasteiger partial charge in [-0.05, 0) is 24.3 Å². The summed E-state index contributed by atoms with van der Waals surface area (Å²) in [5, 5.41) is 0. The van der Waals surface area contributed by atoms with Crippen molar-refractivity contribution in [3.63, 3.8) is 0 Å². The molecule has 0 saturated heterocycles. The lowest BCUT2D eigenvalue weighted by atomic mass is 10.1. The smallest absolute Gasteiger partial charge is 0.416 e. The van der Waals surface area contributed by atoms with Gasteiger partial charge in [0, 0.05) is 11.6 Å². The molecule has 0 saturated carbocycles. The number of anilines is 1. The van der Waals surface area contributed by atoms with Crippen LogP contribution in [0, 0.1) is 5.82 Å². The summed E-state index contributed by atoms with van der Waals surface area (Å²) in [6.07, 6.45) is -4.53. The van der Waals surface area contributed by atoms with Crippen molar-refractivity contribution >= 4 is 5.69 Å². The van der Waals surface area contributed by atoms with E-state index >= 15 is 0 Å². The van der Waals surface area contributed by atoms with E-state index in [0.29, 0.717) is 0 Å². The van der Waals surface area contributed by atoms with Gasteiger partial charge in [0.25, 0.3) is 0 Å². The molecule has 2 aromatic carbocycles. The van der Waals surface area contributed by atoms with Gasteiger partial charge in [-0.3, -0.25) is 0 Å². The third-order valence-corrected chi connectivity index (χ3v) is 3.01. The minimum absolute atomic E-state index is 0.0601. The Labute approximate surface area is 124 Å².